The first-order chi connectivity index (χ1) is 9.88. The molecule has 0 spiro atoms. The average molecular weight is 300 g/mol. The summed E-state index contributed by atoms with van der Waals surface area (Å²) in [6, 6.07) is 5.87. The Morgan fingerprint density at radius 1 is 1.19 bits per heavy atom. The molecule has 1 atom stereocenters. The number of nitrogens with zero attached hydrogens (tertiary/aromatic N) is 1. The molecule has 0 bridgehead atoms. The number of nitrogens with one attached hydrogen (secondary N) is 1. The molecule has 1 aromatic carbocycles. The molecule has 118 valence electrons. The predicted octanol–water partition coefficient (Wildman–Crippen LogP) is 3.70. The lowest BCUT2D eigenvalue weighted by atomic mass is 9.94. The molecule has 2 nitrogen and oxygen atoms in total. The Hall–Kier alpha value is -1.07. The van der Waals surface area contributed by atoms with Crippen molar-refractivity contribution in [3.05, 3.63) is 35.4 Å². The number of rotatable bonds is 4. The summed E-state index contributed by atoms with van der Waals surface area (Å²) in [7, 11) is 0. The van der Waals surface area contributed by atoms with Gasteiger partial charge in [-0.05, 0) is 30.0 Å². The zero-order chi connectivity index (χ0) is 15.5. The maximum atomic E-state index is 12.9. The van der Waals surface area contributed by atoms with E-state index in [1.54, 1.807) is 0 Å². The van der Waals surface area contributed by atoms with Gasteiger partial charge < -0.3 is 5.32 Å². The summed E-state index contributed by atoms with van der Waals surface area (Å²) in [5.41, 5.74) is 0.226. The molecule has 1 fully saturated rings. The molecule has 0 unspecified atom stereocenters. The lowest BCUT2D eigenvalue weighted by molar-refractivity contribution is -0.137. The van der Waals surface area contributed by atoms with Crippen molar-refractivity contribution in [2.75, 3.05) is 26.2 Å². The third-order valence-electron chi connectivity index (χ3n) is 3.89. The van der Waals surface area contributed by atoms with Crippen LogP contribution in [0.3, 0.4) is 0 Å². The van der Waals surface area contributed by atoms with Crippen molar-refractivity contribution in [1.82, 2.24) is 10.2 Å². The van der Waals surface area contributed by atoms with Crippen LogP contribution in [0.15, 0.2) is 24.3 Å². The van der Waals surface area contributed by atoms with Crippen molar-refractivity contribution in [3.8, 4) is 0 Å². The van der Waals surface area contributed by atoms with Crippen LogP contribution in [-0.2, 0) is 6.18 Å². The van der Waals surface area contributed by atoms with Gasteiger partial charge >= 0.3 is 6.18 Å². The predicted molar refractivity (Wildman–Crippen MR) is 78.1 cm³/mol. The quantitative estimate of drug-likeness (QED) is 0.912. The first-order valence-corrected chi connectivity index (χ1v) is 7.50. The Kier molecular flexibility index (Phi) is 5.27. The van der Waals surface area contributed by atoms with E-state index in [0.29, 0.717) is 5.92 Å². The van der Waals surface area contributed by atoms with Gasteiger partial charge in [-0.25, -0.2) is 0 Å². The summed E-state index contributed by atoms with van der Waals surface area (Å²) in [6.07, 6.45) is -3.40. The maximum Gasteiger partial charge on any atom is 0.416 e. The van der Waals surface area contributed by atoms with E-state index in [2.05, 4.69) is 24.1 Å². The van der Waals surface area contributed by atoms with Gasteiger partial charge in [0.15, 0.2) is 0 Å². The van der Waals surface area contributed by atoms with Crippen LogP contribution in [0.2, 0.25) is 0 Å². The van der Waals surface area contributed by atoms with E-state index in [1.165, 1.54) is 12.1 Å². The van der Waals surface area contributed by atoms with Gasteiger partial charge in [-0.1, -0.05) is 26.0 Å². The Bertz CT molecular complexity index is 451. The number of piperazine rings is 1. The van der Waals surface area contributed by atoms with Crippen LogP contribution in [-0.4, -0.2) is 31.1 Å². The normalized spacial score (nSPS) is 19.0. The zero-order valence-electron chi connectivity index (χ0n) is 12.6. The molecule has 1 heterocycles. The summed E-state index contributed by atoms with van der Waals surface area (Å²) in [5, 5.41) is 3.29. The second-order valence-electron chi connectivity index (χ2n) is 6.05. The largest absolute Gasteiger partial charge is 0.416 e. The molecule has 1 aliphatic heterocycles. The van der Waals surface area contributed by atoms with Gasteiger partial charge in [-0.15, -0.1) is 0 Å². The van der Waals surface area contributed by atoms with Crippen LogP contribution in [0.1, 0.15) is 37.4 Å². The van der Waals surface area contributed by atoms with Crippen molar-refractivity contribution in [1.29, 1.82) is 0 Å². The number of alkyl halides is 3. The van der Waals surface area contributed by atoms with Crippen LogP contribution in [0, 0.1) is 5.92 Å². The van der Waals surface area contributed by atoms with E-state index in [9.17, 15) is 13.2 Å². The summed E-state index contributed by atoms with van der Waals surface area (Å²) in [5.74, 6) is 0.444. The second-order valence-corrected chi connectivity index (χ2v) is 6.05. The van der Waals surface area contributed by atoms with Gasteiger partial charge in [0.05, 0.1) is 5.56 Å². The molecule has 21 heavy (non-hydrogen) atoms. The van der Waals surface area contributed by atoms with Crippen LogP contribution in [0.4, 0.5) is 13.2 Å². The Morgan fingerprint density at radius 3 is 2.43 bits per heavy atom. The first-order valence-electron chi connectivity index (χ1n) is 7.50. The van der Waals surface area contributed by atoms with Crippen LogP contribution in [0.25, 0.3) is 0 Å². The van der Waals surface area contributed by atoms with E-state index < -0.39 is 11.7 Å². The second kappa shape index (κ2) is 6.79. The topological polar surface area (TPSA) is 15.3 Å². The number of benzene rings is 1. The average Bonchev–Trinajstić information content (AvgIpc) is 2.45. The SMILES string of the molecule is CC(C)C[C@@H](c1cccc(C(F)(F)F)c1)N1CCNCC1. The smallest absolute Gasteiger partial charge is 0.314 e. The molecule has 0 radical (unpaired) electrons. The third-order valence-corrected chi connectivity index (χ3v) is 3.89. The minimum Gasteiger partial charge on any atom is -0.314 e. The number of hydrogen-bond donors (Lipinski definition) is 1. The van der Waals surface area contributed by atoms with Crippen molar-refractivity contribution in [2.45, 2.75) is 32.5 Å². The van der Waals surface area contributed by atoms with Gasteiger partial charge in [0.2, 0.25) is 0 Å². The monoisotopic (exact) mass is 300 g/mol. The lowest BCUT2D eigenvalue weighted by Gasteiger charge is -2.36. The standard InChI is InChI=1S/C16H23F3N2/c1-12(2)10-15(21-8-6-20-7-9-21)13-4-3-5-14(11-13)16(17,18)19/h3-5,11-12,15,20H,6-10H2,1-2H3/t15-/m0/s1. The van der Waals surface area contributed by atoms with E-state index in [-0.39, 0.29) is 6.04 Å². The molecule has 0 amide bonds. The highest BCUT2D eigenvalue weighted by Crippen LogP contribution is 2.34. The molecule has 1 aliphatic rings. The third kappa shape index (κ3) is 4.45. The molecule has 0 saturated carbocycles. The summed E-state index contributed by atoms with van der Waals surface area (Å²) < 4.78 is 38.7. The van der Waals surface area contributed by atoms with Gasteiger partial charge in [0, 0.05) is 32.2 Å². The fourth-order valence-electron chi connectivity index (χ4n) is 2.86. The first kappa shape index (κ1) is 16.3. The zero-order valence-corrected chi connectivity index (χ0v) is 12.6. The van der Waals surface area contributed by atoms with E-state index >= 15 is 0 Å². The molecule has 1 aromatic rings. The molecule has 2 rings (SSSR count). The Morgan fingerprint density at radius 2 is 1.86 bits per heavy atom. The van der Waals surface area contributed by atoms with Gasteiger partial charge in [-0.3, -0.25) is 4.90 Å². The lowest BCUT2D eigenvalue weighted by Crippen LogP contribution is -2.45. The van der Waals surface area contributed by atoms with Gasteiger partial charge in [-0.2, -0.15) is 13.2 Å². The molecular formula is C16H23F3N2. The molecule has 5 heteroatoms. The molecule has 1 N–H and O–H groups in total. The Balaban J connectivity index is 2.27. The van der Waals surface area contributed by atoms with E-state index in [4.69, 9.17) is 0 Å². The number of hydrogen-bond acceptors (Lipinski definition) is 2. The van der Waals surface area contributed by atoms with E-state index in [1.807, 2.05) is 6.07 Å². The fourth-order valence-corrected chi connectivity index (χ4v) is 2.86. The highest BCUT2D eigenvalue weighted by atomic mass is 19.4. The van der Waals surface area contributed by atoms with Crippen LogP contribution < -0.4 is 5.32 Å². The summed E-state index contributed by atoms with van der Waals surface area (Å²) >= 11 is 0. The van der Waals surface area contributed by atoms with Crippen molar-refractivity contribution in [3.63, 3.8) is 0 Å². The molecular weight excluding hydrogens is 277 g/mol. The highest BCUT2D eigenvalue weighted by Gasteiger charge is 2.32. The van der Waals surface area contributed by atoms with Crippen LogP contribution >= 0.6 is 0 Å². The molecule has 0 aliphatic carbocycles. The maximum absolute atomic E-state index is 12.9. The van der Waals surface area contributed by atoms with Crippen LogP contribution in [0.5, 0.6) is 0 Å². The van der Waals surface area contributed by atoms with Gasteiger partial charge in [0.1, 0.15) is 0 Å². The van der Waals surface area contributed by atoms with Gasteiger partial charge in [0.25, 0.3) is 0 Å². The van der Waals surface area contributed by atoms with Crippen molar-refractivity contribution in [2.24, 2.45) is 5.92 Å². The number of halogens is 3. The Labute approximate surface area is 124 Å². The molecule has 1 saturated heterocycles. The van der Waals surface area contributed by atoms with Crippen molar-refractivity contribution < 1.29 is 13.2 Å². The summed E-state index contributed by atoms with van der Waals surface area (Å²) in [6.45, 7) is 7.79. The molecule has 0 aromatic heterocycles. The van der Waals surface area contributed by atoms with Crippen molar-refractivity contribution >= 4 is 0 Å². The summed E-state index contributed by atoms with van der Waals surface area (Å²) in [4.78, 5) is 2.30. The minimum absolute atomic E-state index is 0.0643. The minimum atomic E-state index is -4.28. The van der Waals surface area contributed by atoms with E-state index in [0.717, 1.165) is 44.2 Å². The fraction of sp³-hybridized carbons (Fsp3) is 0.625. The highest BCUT2D eigenvalue weighted by molar-refractivity contribution is 5.28.